The molecule has 1 aliphatic rings. The highest BCUT2D eigenvalue weighted by Crippen LogP contribution is 2.18. The zero-order valence-electron chi connectivity index (χ0n) is 11.5. The molecule has 0 saturated carbocycles. The van der Waals surface area contributed by atoms with Gasteiger partial charge in [-0.15, -0.1) is 0 Å². The number of carbonyl (C=O) groups excluding carboxylic acids is 1. The fourth-order valence-electron chi connectivity index (χ4n) is 2.31. The first-order chi connectivity index (χ1) is 9.60. The lowest BCUT2D eigenvalue weighted by Crippen LogP contribution is -2.40. The topological polar surface area (TPSA) is 44.4 Å². The summed E-state index contributed by atoms with van der Waals surface area (Å²) < 4.78 is 14.1. The summed E-state index contributed by atoms with van der Waals surface area (Å²) in [6.07, 6.45) is 0.921. The van der Waals surface area contributed by atoms with E-state index in [4.69, 9.17) is 0 Å². The number of benzene rings is 1. The van der Waals surface area contributed by atoms with Crippen LogP contribution in [0, 0.1) is 5.82 Å². The van der Waals surface area contributed by atoms with Gasteiger partial charge in [0.2, 0.25) is 0 Å². The third-order valence-electron chi connectivity index (χ3n) is 3.39. The van der Waals surface area contributed by atoms with Crippen LogP contribution in [0.25, 0.3) is 0 Å². The average Bonchev–Trinajstić information content (AvgIpc) is 2.89. The number of nitrogens with one attached hydrogen (secondary N) is 2. The Kier molecular flexibility index (Phi) is 5.37. The summed E-state index contributed by atoms with van der Waals surface area (Å²) in [4.78, 5) is 13.5. The van der Waals surface area contributed by atoms with Gasteiger partial charge in [-0.1, -0.05) is 15.9 Å². The molecule has 110 valence electrons. The second-order valence-corrected chi connectivity index (χ2v) is 5.74. The molecule has 1 aromatic carbocycles. The number of hydrogen-bond acceptors (Lipinski definition) is 2. The largest absolute Gasteiger partial charge is 0.338 e. The minimum atomic E-state index is -0.236. The van der Waals surface area contributed by atoms with E-state index in [9.17, 15) is 9.18 Å². The fraction of sp³-hybridized carbons (Fsp3) is 0.500. The molecule has 0 aromatic heterocycles. The van der Waals surface area contributed by atoms with Crippen LogP contribution in [0.1, 0.15) is 18.9 Å². The second kappa shape index (κ2) is 7.04. The summed E-state index contributed by atoms with van der Waals surface area (Å²) in [5, 5.41) is 6.18. The van der Waals surface area contributed by atoms with Crippen LogP contribution in [0.4, 0.5) is 9.18 Å². The van der Waals surface area contributed by atoms with Crippen molar-refractivity contribution in [1.29, 1.82) is 0 Å². The Labute approximate surface area is 126 Å². The third-order valence-corrected chi connectivity index (χ3v) is 4.17. The van der Waals surface area contributed by atoms with Gasteiger partial charge in [-0.05, 0) is 37.1 Å². The number of urea groups is 1. The molecule has 2 N–H and O–H groups in total. The molecule has 2 amide bonds. The fourth-order valence-corrected chi connectivity index (χ4v) is 2.69. The molecule has 0 radical (unpaired) electrons. The van der Waals surface area contributed by atoms with Gasteiger partial charge in [0, 0.05) is 36.7 Å². The van der Waals surface area contributed by atoms with Crippen LogP contribution in [-0.2, 0) is 6.54 Å². The average molecular weight is 344 g/mol. The molecule has 20 heavy (non-hydrogen) atoms. The highest BCUT2D eigenvalue weighted by atomic mass is 79.9. The first-order valence-corrected chi connectivity index (χ1v) is 7.59. The van der Waals surface area contributed by atoms with Gasteiger partial charge < -0.3 is 15.5 Å². The third kappa shape index (κ3) is 3.93. The van der Waals surface area contributed by atoms with Crippen molar-refractivity contribution in [3.63, 3.8) is 0 Å². The Hall–Kier alpha value is -1.14. The zero-order valence-corrected chi connectivity index (χ0v) is 13.0. The number of nitrogens with zero attached hydrogens (tertiary/aromatic N) is 1. The second-order valence-electron chi connectivity index (χ2n) is 4.88. The highest BCUT2D eigenvalue weighted by Gasteiger charge is 2.25. The summed E-state index contributed by atoms with van der Waals surface area (Å²) >= 11 is 3.41. The van der Waals surface area contributed by atoms with E-state index in [1.54, 1.807) is 6.07 Å². The molecule has 1 aliphatic heterocycles. The van der Waals surface area contributed by atoms with Crippen molar-refractivity contribution in [2.45, 2.75) is 25.9 Å². The van der Waals surface area contributed by atoms with E-state index < -0.39 is 0 Å². The van der Waals surface area contributed by atoms with Crippen LogP contribution in [0.15, 0.2) is 22.7 Å². The molecule has 1 heterocycles. The van der Waals surface area contributed by atoms with Crippen LogP contribution < -0.4 is 10.6 Å². The molecule has 1 fully saturated rings. The van der Waals surface area contributed by atoms with Crippen LogP contribution in [0.2, 0.25) is 0 Å². The van der Waals surface area contributed by atoms with Gasteiger partial charge in [0.25, 0.3) is 0 Å². The maximum absolute atomic E-state index is 13.2. The zero-order chi connectivity index (χ0) is 14.5. The van der Waals surface area contributed by atoms with Crippen molar-refractivity contribution in [1.82, 2.24) is 15.5 Å². The van der Waals surface area contributed by atoms with E-state index >= 15 is 0 Å². The minimum absolute atomic E-state index is 0.0104. The van der Waals surface area contributed by atoms with Crippen molar-refractivity contribution >= 4 is 22.0 Å². The Bertz CT molecular complexity index is 483. The monoisotopic (exact) mass is 343 g/mol. The van der Waals surface area contributed by atoms with E-state index in [-0.39, 0.29) is 17.9 Å². The summed E-state index contributed by atoms with van der Waals surface area (Å²) in [7, 11) is 0. The van der Waals surface area contributed by atoms with Crippen LogP contribution >= 0.6 is 15.9 Å². The molecule has 0 spiro atoms. The van der Waals surface area contributed by atoms with Gasteiger partial charge in [-0.25, -0.2) is 9.18 Å². The van der Waals surface area contributed by atoms with Crippen molar-refractivity contribution in [3.05, 3.63) is 34.1 Å². The van der Waals surface area contributed by atoms with E-state index in [1.807, 2.05) is 11.8 Å². The number of amides is 2. The Morgan fingerprint density at radius 2 is 2.35 bits per heavy atom. The number of hydrogen-bond donors (Lipinski definition) is 2. The maximum atomic E-state index is 13.2. The predicted molar refractivity (Wildman–Crippen MR) is 80.0 cm³/mol. The maximum Gasteiger partial charge on any atom is 0.317 e. The first kappa shape index (κ1) is 15.3. The first-order valence-electron chi connectivity index (χ1n) is 6.80. The molecule has 6 heteroatoms. The van der Waals surface area contributed by atoms with Gasteiger partial charge in [0.05, 0.1) is 0 Å². The normalized spacial score (nSPS) is 18.4. The highest BCUT2D eigenvalue weighted by molar-refractivity contribution is 9.10. The molecule has 4 nitrogen and oxygen atoms in total. The smallest absolute Gasteiger partial charge is 0.317 e. The van der Waals surface area contributed by atoms with E-state index in [2.05, 4.69) is 26.6 Å². The van der Waals surface area contributed by atoms with Crippen molar-refractivity contribution in [3.8, 4) is 0 Å². The van der Waals surface area contributed by atoms with Crippen LogP contribution in [0.5, 0.6) is 0 Å². The standard InChI is InChI=1S/C14H19BrFN3O/c1-2-17-14(20)19-6-5-12(9-19)18-8-10-7-11(16)3-4-13(10)15/h3-4,7,12,18H,2,5-6,8-9H2,1H3,(H,17,20)/t12-/m1/s1. The lowest BCUT2D eigenvalue weighted by molar-refractivity contribution is 0.208. The molecular formula is C14H19BrFN3O. The number of carbonyl (C=O) groups is 1. The van der Waals surface area contributed by atoms with Crippen molar-refractivity contribution in [2.75, 3.05) is 19.6 Å². The minimum Gasteiger partial charge on any atom is -0.338 e. The van der Waals surface area contributed by atoms with Gasteiger partial charge in [-0.3, -0.25) is 0 Å². The summed E-state index contributed by atoms with van der Waals surface area (Å²) in [5.74, 6) is -0.236. The summed E-state index contributed by atoms with van der Waals surface area (Å²) in [6, 6.07) is 4.91. The van der Waals surface area contributed by atoms with E-state index in [0.717, 1.165) is 23.0 Å². The Morgan fingerprint density at radius 1 is 1.55 bits per heavy atom. The predicted octanol–water partition coefficient (Wildman–Crippen LogP) is 2.48. The Balaban J connectivity index is 1.84. The summed E-state index contributed by atoms with van der Waals surface area (Å²) in [5.41, 5.74) is 0.890. The number of likely N-dealkylation sites (tertiary alicyclic amines) is 1. The van der Waals surface area contributed by atoms with Crippen molar-refractivity contribution in [2.24, 2.45) is 0 Å². The number of halogens is 2. The molecular weight excluding hydrogens is 325 g/mol. The van der Waals surface area contributed by atoms with Crippen LogP contribution in [-0.4, -0.2) is 36.6 Å². The van der Waals surface area contributed by atoms with Gasteiger partial charge in [-0.2, -0.15) is 0 Å². The van der Waals surface area contributed by atoms with E-state index in [0.29, 0.717) is 19.6 Å². The number of rotatable bonds is 4. The van der Waals surface area contributed by atoms with Gasteiger partial charge >= 0.3 is 6.03 Å². The molecule has 1 saturated heterocycles. The van der Waals surface area contributed by atoms with Crippen LogP contribution in [0.3, 0.4) is 0 Å². The molecule has 1 atom stereocenters. The molecule has 1 aromatic rings. The molecule has 2 rings (SSSR count). The lowest BCUT2D eigenvalue weighted by atomic mass is 10.2. The molecule has 0 unspecified atom stereocenters. The SMILES string of the molecule is CCNC(=O)N1CC[C@@H](NCc2cc(F)ccc2Br)C1. The summed E-state index contributed by atoms with van der Waals surface area (Å²) in [6.45, 7) is 4.59. The Morgan fingerprint density at radius 3 is 3.10 bits per heavy atom. The molecule has 0 bridgehead atoms. The lowest BCUT2D eigenvalue weighted by Gasteiger charge is -2.17. The molecule has 0 aliphatic carbocycles. The van der Waals surface area contributed by atoms with Gasteiger partial charge in [0.1, 0.15) is 5.82 Å². The van der Waals surface area contributed by atoms with Gasteiger partial charge in [0.15, 0.2) is 0 Å². The van der Waals surface area contributed by atoms with Crippen molar-refractivity contribution < 1.29 is 9.18 Å². The van der Waals surface area contributed by atoms with E-state index in [1.165, 1.54) is 12.1 Å². The quantitative estimate of drug-likeness (QED) is 0.882.